The fourth-order valence-corrected chi connectivity index (χ4v) is 4.28. The van der Waals surface area contributed by atoms with E-state index in [9.17, 15) is 32.7 Å². The molecule has 0 aliphatic rings. The van der Waals surface area contributed by atoms with E-state index in [1.807, 2.05) is 13.8 Å². The highest BCUT2D eigenvalue weighted by Gasteiger charge is 2.38. The Kier molecular flexibility index (Phi) is 12.7. The SMILES string of the molecule is CC(C)Nc1ncc(-c2cc(N)cc(C(=O)NCc3ccc(O)cc3)c2)n(CC(=O)NCc2ccc(C(=N)N)cc2)c1=O.O=C(O)C(F)(F)F. The third-order valence-corrected chi connectivity index (χ3v) is 6.68. The van der Waals surface area contributed by atoms with E-state index in [4.69, 9.17) is 26.8 Å². The van der Waals surface area contributed by atoms with Crippen molar-refractivity contribution in [3.05, 3.63) is 106 Å². The zero-order valence-corrected chi connectivity index (χ0v) is 26.8. The average Bonchev–Trinajstić information content (AvgIpc) is 3.04. The van der Waals surface area contributed by atoms with Crippen LogP contribution >= 0.6 is 0 Å². The average molecular weight is 697 g/mol. The van der Waals surface area contributed by atoms with Crippen LogP contribution in [-0.4, -0.2) is 55.6 Å². The number of halogens is 3. The number of hydrogen-bond donors (Lipinski definition) is 8. The van der Waals surface area contributed by atoms with Crippen molar-refractivity contribution in [2.45, 2.75) is 45.7 Å². The van der Waals surface area contributed by atoms with Crippen molar-refractivity contribution in [1.29, 1.82) is 5.41 Å². The molecule has 0 fully saturated rings. The molecule has 0 saturated heterocycles. The van der Waals surface area contributed by atoms with Crippen LogP contribution in [0.4, 0.5) is 24.7 Å². The van der Waals surface area contributed by atoms with Gasteiger partial charge in [-0.15, -0.1) is 0 Å². The Labute approximate surface area is 283 Å². The summed E-state index contributed by atoms with van der Waals surface area (Å²) in [5, 5.41) is 32.7. The number of phenols is 1. The number of nitrogens with two attached hydrogens (primary N) is 2. The zero-order valence-electron chi connectivity index (χ0n) is 26.8. The predicted molar refractivity (Wildman–Crippen MR) is 179 cm³/mol. The highest BCUT2D eigenvalue weighted by molar-refractivity contribution is 5.96. The van der Waals surface area contributed by atoms with E-state index in [2.05, 4.69) is 20.9 Å². The van der Waals surface area contributed by atoms with Crippen LogP contribution in [0.3, 0.4) is 0 Å². The molecule has 0 atom stereocenters. The minimum Gasteiger partial charge on any atom is -0.508 e. The molecule has 0 spiro atoms. The standard InChI is InChI=1S/C31H34N8O4.C2HF3O2/c1-18(2)38-29-31(43)39(17-27(41)35-14-19-3-7-21(8-4-19)28(33)34)26(16-36-29)22-11-23(13-24(32)12-22)30(42)37-15-20-5-9-25(40)10-6-20;3-2(4,5)1(6)7/h3-13,16,18,40H,14-15,17,32H2,1-2H3,(H3,33,34)(H,35,41)(H,36,38)(H,37,42);(H,6,7). The number of carboxylic acid groups (broad SMARTS) is 1. The molecule has 50 heavy (non-hydrogen) atoms. The van der Waals surface area contributed by atoms with E-state index < -0.39 is 29.5 Å². The molecule has 0 aliphatic heterocycles. The number of amides is 2. The van der Waals surface area contributed by atoms with Gasteiger partial charge in [-0.05, 0) is 55.3 Å². The van der Waals surface area contributed by atoms with Crippen molar-refractivity contribution in [3.63, 3.8) is 0 Å². The zero-order chi connectivity index (χ0) is 37.2. The first-order valence-electron chi connectivity index (χ1n) is 14.8. The highest BCUT2D eigenvalue weighted by Crippen LogP contribution is 2.24. The Morgan fingerprint density at radius 3 is 2.04 bits per heavy atom. The lowest BCUT2D eigenvalue weighted by molar-refractivity contribution is -0.192. The van der Waals surface area contributed by atoms with Crippen LogP contribution in [0.5, 0.6) is 5.75 Å². The molecule has 0 aliphatic carbocycles. The number of aromatic hydroxyl groups is 1. The number of nitrogens with zero attached hydrogens (tertiary/aromatic N) is 2. The fourth-order valence-electron chi connectivity index (χ4n) is 4.28. The molecule has 1 heterocycles. The molecule has 0 radical (unpaired) electrons. The lowest BCUT2D eigenvalue weighted by atomic mass is 10.1. The molecule has 264 valence electrons. The van der Waals surface area contributed by atoms with Crippen LogP contribution in [0.2, 0.25) is 0 Å². The number of hydrogen-bond acceptors (Lipinski definition) is 9. The number of phenolic OH excluding ortho intramolecular Hbond substituents is 1. The molecule has 0 bridgehead atoms. The maximum absolute atomic E-state index is 13.5. The third-order valence-electron chi connectivity index (χ3n) is 6.68. The van der Waals surface area contributed by atoms with E-state index in [0.717, 1.165) is 11.1 Å². The van der Waals surface area contributed by atoms with Crippen LogP contribution < -0.4 is 33.0 Å². The van der Waals surface area contributed by atoms with Gasteiger partial charge in [-0.1, -0.05) is 36.4 Å². The Morgan fingerprint density at radius 1 is 0.940 bits per heavy atom. The number of amidine groups is 1. The summed E-state index contributed by atoms with van der Waals surface area (Å²) in [6.07, 6.45) is -3.62. The molecule has 4 aromatic rings. The number of benzene rings is 3. The van der Waals surface area contributed by atoms with Gasteiger partial charge in [0.05, 0.1) is 11.9 Å². The summed E-state index contributed by atoms with van der Waals surface area (Å²) < 4.78 is 33.0. The van der Waals surface area contributed by atoms with Crippen LogP contribution in [0.25, 0.3) is 11.3 Å². The van der Waals surface area contributed by atoms with Crippen molar-refractivity contribution in [2.24, 2.45) is 5.73 Å². The summed E-state index contributed by atoms with van der Waals surface area (Å²) >= 11 is 0. The van der Waals surface area contributed by atoms with Crippen LogP contribution in [0.15, 0.2) is 77.7 Å². The van der Waals surface area contributed by atoms with Crippen LogP contribution in [0.1, 0.15) is 40.9 Å². The molecule has 4 rings (SSSR count). The number of anilines is 2. The highest BCUT2D eigenvalue weighted by atomic mass is 19.4. The Hall–Kier alpha value is -6.39. The van der Waals surface area contributed by atoms with E-state index in [0.29, 0.717) is 16.8 Å². The minimum atomic E-state index is -5.08. The van der Waals surface area contributed by atoms with Crippen molar-refractivity contribution >= 4 is 35.1 Å². The molecule has 14 nitrogen and oxygen atoms in total. The van der Waals surface area contributed by atoms with E-state index in [-0.39, 0.29) is 54.3 Å². The number of rotatable bonds is 11. The molecule has 3 aromatic carbocycles. The summed E-state index contributed by atoms with van der Waals surface area (Å²) in [6, 6.07) is 18.0. The second-order valence-corrected chi connectivity index (χ2v) is 11.1. The Balaban J connectivity index is 0.000000872. The summed E-state index contributed by atoms with van der Waals surface area (Å²) in [6.45, 7) is 3.84. The van der Waals surface area contributed by atoms with Crippen LogP contribution in [0, 0.1) is 5.41 Å². The smallest absolute Gasteiger partial charge is 0.490 e. The predicted octanol–water partition coefficient (Wildman–Crippen LogP) is 3.18. The molecule has 1 aromatic heterocycles. The number of carbonyl (C=O) groups is 3. The lowest BCUT2D eigenvalue weighted by Crippen LogP contribution is -2.35. The molecular formula is C33H35F3N8O6. The van der Waals surface area contributed by atoms with Gasteiger partial charge in [0.15, 0.2) is 5.82 Å². The van der Waals surface area contributed by atoms with E-state index >= 15 is 0 Å². The Bertz CT molecular complexity index is 1910. The van der Waals surface area contributed by atoms with Crippen molar-refractivity contribution in [1.82, 2.24) is 20.2 Å². The molecule has 0 saturated carbocycles. The summed E-state index contributed by atoms with van der Waals surface area (Å²) in [5.74, 6) is -3.41. The second kappa shape index (κ2) is 16.6. The number of aliphatic carboxylic acids is 1. The van der Waals surface area contributed by atoms with Crippen LogP contribution in [-0.2, 0) is 29.2 Å². The molecule has 0 unspecified atom stereocenters. The molecule has 2 amide bonds. The number of alkyl halides is 3. The summed E-state index contributed by atoms with van der Waals surface area (Å²) in [4.78, 5) is 52.7. The normalized spacial score (nSPS) is 10.8. The number of carbonyl (C=O) groups excluding carboxylic acids is 2. The summed E-state index contributed by atoms with van der Waals surface area (Å²) in [5.41, 5.74) is 14.6. The first kappa shape index (κ1) is 38.1. The van der Waals surface area contributed by atoms with Gasteiger partial charge in [-0.25, -0.2) is 9.78 Å². The number of aromatic nitrogens is 2. The van der Waals surface area contributed by atoms with Gasteiger partial charge in [-0.2, -0.15) is 13.2 Å². The quantitative estimate of drug-likeness (QED) is 0.0647. The summed E-state index contributed by atoms with van der Waals surface area (Å²) in [7, 11) is 0. The second-order valence-electron chi connectivity index (χ2n) is 11.1. The topological polar surface area (TPSA) is 239 Å². The number of carboxylic acids is 1. The fraction of sp³-hybridized carbons (Fsp3) is 0.212. The van der Waals surface area contributed by atoms with E-state index in [1.165, 1.54) is 29.0 Å². The van der Waals surface area contributed by atoms with Gasteiger partial charge >= 0.3 is 12.1 Å². The van der Waals surface area contributed by atoms with Gasteiger partial charge in [0.2, 0.25) is 5.91 Å². The first-order valence-corrected chi connectivity index (χ1v) is 14.8. The maximum atomic E-state index is 13.5. The van der Waals surface area contributed by atoms with E-state index in [1.54, 1.807) is 48.5 Å². The molecule has 10 N–H and O–H groups in total. The van der Waals surface area contributed by atoms with Gasteiger partial charge < -0.3 is 37.6 Å². The molecule has 17 heteroatoms. The van der Waals surface area contributed by atoms with Crippen molar-refractivity contribution in [2.75, 3.05) is 11.1 Å². The van der Waals surface area contributed by atoms with Crippen molar-refractivity contribution < 1.29 is 37.8 Å². The first-order chi connectivity index (χ1) is 23.4. The monoisotopic (exact) mass is 696 g/mol. The molecular weight excluding hydrogens is 661 g/mol. The lowest BCUT2D eigenvalue weighted by Gasteiger charge is -2.17. The largest absolute Gasteiger partial charge is 0.508 e. The Morgan fingerprint density at radius 2 is 1.50 bits per heavy atom. The minimum absolute atomic E-state index is 0.0504. The van der Waals surface area contributed by atoms with Gasteiger partial charge in [0, 0.05) is 41.5 Å². The maximum Gasteiger partial charge on any atom is 0.490 e. The van der Waals surface area contributed by atoms with Gasteiger partial charge in [0.25, 0.3) is 11.5 Å². The number of nitrogens with one attached hydrogen (secondary N) is 4. The van der Waals surface area contributed by atoms with Gasteiger partial charge in [-0.3, -0.25) is 24.4 Å². The third kappa shape index (κ3) is 11.1. The number of nitrogen functional groups attached to an aromatic ring is 2. The van der Waals surface area contributed by atoms with Crippen molar-refractivity contribution in [3.8, 4) is 17.0 Å². The van der Waals surface area contributed by atoms with Gasteiger partial charge in [0.1, 0.15) is 18.1 Å².